The summed E-state index contributed by atoms with van der Waals surface area (Å²) in [7, 11) is -4.46. The van der Waals surface area contributed by atoms with Crippen LogP contribution in [0.5, 0.6) is 0 Å². The number of hydrogen-bond donors (Lipinski definition) is 7. The Labute approximate surface area is 146 Å². The second-order valence-corrected chi connectivity index (χ2v) is 7.74. The zero-order chi connectivity index (χ0) is 18.7. The van der Waals surface area contributed by atoms with Crippen LogP contribution < -0.4 is 21.7 Å². The van der Waals surface area contributed by atoms with Gasteiger partial charge in [-0.2, -0.15) is 0 Å². The van der Waals surface area contributed by atoms with Gasteiger partial charge in [0.25, 0.3) is 5.91 Å². The van der Waals surface area contributed by atoms with Crippen LogP contribution in [-0.4, -0.2) is 70.0 Å². The van der Waals surface area contributed by atoms with Gasteiger partial charge in [-0.25, -0.2) is 9.56 Å². The Kier molecular flexibility index (Phi) is 4.09. The van der Waals surface area contributed by atoms with E-state index in [1.54, 1.807) is 0 Å². The molecule has 4 rings (SSSR count). The van der Waals surface area contributed by atoms with Crippen molar-refractivity contribution in [2.24, 2.45) is 10.7 Å². The van der Waals surface area contributed by atoms with Gasteiger partial charge in [0.1, 0.15) is 24.2 Å². The molecule has 6 atom stereocenters. The van der Waals surface area contributed by atoms with Crippen LogP contribution in [0.1, 0.15) is 6.42 Å². The van der Waals surface area contributed by atoms with E-state index in [2.05, 4.69) is 20.9 Å². The number of nitrogens with one attached hydrogen (secondary N) is 3. The van der Waals surface area contributed by atoms with Crippen LogP contribution in [0.4, 0.5) is 0 Å². The molecular formula is C12H18N5O8P. The molecule has 2 saturated heterocycles. The van der Waals surface area contributed by atoms with Gasteiger partial charge in [0.05, 0.1) is 12.6 Å². The lowest BCUT2D eigenvalue weighted by Crippen LogP contribution is -2.62. The van der Waals surface area contributed by atoms with Gasteiger partial charge in [0, 0.05) is 6.42 Å². The Hall–Kier alpha value is -1.57. The van der Waals surface area contributed by atoms with Gasteiger partial charge in [-0.3, -0.25) is 24.5 Å². The molecule has 1 amide bonds. The molecule has 144 valence electrons. The van der Waals surface area contributed by atoms with Crippen LogP contribution in [0.25, 0.3) is 0 Å². The molecule has 0 aromatic rings. The average Bonchev–Trinajstić information content (AvgIpc) is 2.70. The molecule has 2 fully saturated rings. The number of aliphatic hydroxyl groups is 2. The molecule has 4 aliphatic rings. The highest BCUT2D eigenvalue weighted by Gasteiger charge is 2.57. The maximum Gasteiger partial charge on any atom is 0.472 e. The molecule has 4 heterocycles. The standard InChI is InChI=1S/C12H18N5O8P/c13-11-16-7-1-4(10(18)17-11)14-6-2-8(15-7)24-5-3-23-26(21,22)25-9(5)12(6,19)20/h1,5-9,14-15,19-20H,2-3H2,(H,21,22)(H3,13,16,17,18)/t5-,6-,7?,8-,9+/m1/s1. The first-order valence-corrected chi connectivity index (χ1v) is 9.28. The minimum absolute atomic E-state index is 0.000292. The van der Waals surface area contributed by atoms with E-state index in [1.807, 2.05) is 0 Å². The fourth-order valence-corrected chi connectivity index (χ4v) is 4.27. The number of hydrogen-bond acceptors (Lipinski definition) is 11. The van der Waals surface area contributed by atoms with Gasteiger partial charge in [-0.15, -0.1) is 0 Å². The first-order chi connectivity index (χ1) is 12.1. The Morgan fingerprint density at radius 1 is 1.42 bits per heavy atom. The number of phosphoric acid groups is 1. The zero-order valence-corrected chi connectivity index (χ0v) is 14.1. The van der Waals surface area contributed by atoms with Gasteiger partial charge in [0.15, 0.2) is 12.1 Å². The van der Waals surface area contributed by atoms with Crippen LogP contribution in [0, 0.1) is 0 Å². The monoisotopic (exact) mass is 391 g/mol. The summed E-state index contributed by atoms with van der Waals surface area (Å²) >= 11 is 0. The number of fused-ring (bicyclic) bond motifs is 4. The lowest BCUT2D eigenvalue weighted by atomic mass is 9.94. The van der Waals surface area contributed by atoms with Gasteiger partial charge < -0.3 is 30.9 Å². The molecule has 4 bridgehead atoms. The normalized spacial score (nSPS) is 44.6. The van der Waals surface area contributed by atoms with Crippen molar-refractivity contribution in [1.82, 2.24) is 16.0 Å². The predicted octanol–water partition coefficient (Wildman–Crippen LogP) is -3.49. The van der Waals surface area contributed by atoms with Crippen molar-refractivity contribution in [1.29, 1.82) is 0 Å². The van der Waals surface area contributed by atoms with Crippen molar-refractivity contribution in [2.45, 2.75) is 42.9 Å². The van der Waals surface area contributed by atoms with E-state index >= 15 is 0 Å². The van der Waals surface area contributed by atoms with Crippen molar-refractivity contribution in [3.8, 4) is 0 Å². The molecule has 8 N–H and O–H groups in total. The summed E-state index contributed by atoms with van der Waals surface area (Å²) in [5, 5.41) is 29.4. The first-order valence-electron chi connectivity index (χ1n) is 7.79. The van der Waals surface area contributed by atoms with E-state index in [-0.39, 0.29) is 24.7 Å². The molecule has 0 aromatic heterocycles. The van der Waals surface area contributed by atoms with Crippen LogP contribution in [0.15, 0.2) is 16.8 Å². The minimum Gasteiger partial charge on any atom is -0.372 e. The van der Waals surface area contributed by atoms with E-state index in [9.17, 15) is 24.5 Å². The first kappa shape index (κ1) is 17.8. The Bertz CT molecular complexity index is 741. The van der Waals surface area contributed by atoms with Gasteiger partial charge in [0.2, 0.25) is 5.79 Å². The third-order valence-corrected chi connectivity index (χ3v) is 5.45. The molecule has 0 saturated carbocycles. The number of carbonyl (C=O) groups is 1. The summed E-state index contributed by atoms with van der Waals surface area (Å²) in [6.07, 6.45) is -2.73. The fraction of sp³-hybridized carbons (Fsp3) is 0.667. The van der Waals surface area contributed by atoms with Crippen molar-refractivity contribution >= 4 is 19.7 Å². The van der Waals surface area contributed by atoms with Crippen molar-refractivity contribution in [3.05, 3.63) is 11.8 Å². The lowest BCUT2D eigenvalue weighted by molar-refractivity contribution is -0.262. The van der Waals surface area contributed by atoms with E-state index < -0.39 is 50.2 Å². The third kappa shape index (κ3) is 3.12. The number of rotatable bonds is 0. The Morgan fingerprint density at radius 2 is 2.19 bits per heavy atom. The summed E-state index contributed by atoms with van der Waals surface area (Å²) in [4.78, 5) is 25.8. The zero-order valence-electron chi connectivity index (χ0n) is 13.2. The molecule has 26 heavy (non-hydrogen) atoms. The van der Waals surface area contributed by atoms with E-state index in [0.29, 0.717) is 0 Å². The highest BCUT2D eigenvalue weighted by molar-refractivity contribution is 7.47. The van der Waals surface area contributed by atoms with Crippen molar-refractivity contribution in [2.75, 3.05) is 6.61 Å². The number of phosphoric ester groups is 1. The number of carbonyl (C=O) groups excluding carboxylic acids is 1. The lowest BCUT2D eigenvalue weighted by Gasteiger charge is -2.40. The smallest absolute Gasteiger partial charge is 0.372 e. The van der Waals surface area contributed by atoms with E-state index in [4.69, 9.17) is 19.5 Å². The molecule has 4 aliphatic heterocycles. The number of ether oxygens (including phenoxy) is 1. The van der Waals surface area contributed by atoms with E-state index in [0.717, 1.165) is 0 Å². The van der Waals surface area contributed by atoms with E-state index in [1.165, 1.54) is 6.08 Å². The maximum absolute atomic E-state index is 12.2. The fourth-order valence-electron chi connectivity index (χ4n) is 3.30. The number of nitrogens with zero attached hydrogens (tertiary/aromatic N) is 1. The van der Waals surface area contributed by atoms with Gasteiger partial charge in [-0.05, 0) is 6.08 Å². The summed E-state index contributed by atoms with van der Waals surface area (Å²) in [5.41, 5.74) is 5.62. The van der Waals surface area contributed by atoms with Crippen LogP contribution in [0.3, 0.4) is 0 Å². The van der Waals surface area contributed by atoms with Gasteiger partial charge >= 0.3 is 7.82 Å². The van der Waals surface area contributed by atoms with Crippen LogP contribution >= 0.6 is 7.82 Å². The number of aliphatic imine (C=N–C) groups is 1. The quantitative estimate of drug-likeness (QED) is 0.160. The largest absolute Gasteiger partial charge is 0.472 e. The molecule has 0 spiro atoms. The molecule has 14 heteroatoms. The summed E-state index contributed by atoms with van der Waals surface area (Å²) in [6, 6.07) is -1.18. The minimum atomic E-state index is -4.46. The molecule has 2 unspecified atom stereocenters. The summed E-state index contributed by atoms with van der Waals surface area (Å²) in [5.74, 6) is -3.37. The SMILES string of the molecule is NC1=NC2C=C(N[C@@H]3C[C@H](N2)O[C@@H]2COP(=O)(O)O[C@@H]2C3(O)O)C(=O)N1. The Balaban J connectivity index is 1.72. The molecule has 0 radical (unpaired) electrons. The maximum atomic E-state index is 12.2. The summed E-state index contributed by atoms with van der Waals surface area (Å²) in [6.45, 7) is -0.386. The molecule has 0 aliphatic carbocycles. The summed E-state index contributed by atoms with van der Waals surface area (Å²) < 4.78 is 27.0. The van der Waals surface area contributed by atoms with Crippen LogP contribution in [0.2, 0.25) is 0 Å². The number of amides is 1. The van der Waals surface area contributed by atoms with Crippen LogP contribution in [-0.2, 0) is 23.1 Å². The van der Waals surface area contributed by atoms with Crippen molar-refractivity contribution < 1.29 is 38.3 Å². The number of guanidine groups is 1. The highest BCUT2D eigenvalue weighted by Crippen LogP contribution is 2.51. The van der Waals surface area contributed by atoms with Gasteiger partial charge in [-0.1, -0.05) is 0 Å². The average molecular weight is 391 g/mol. The third-order valence-electron chi connectivity index (χ3n) is 4.48. The molecule has 0 aromatic carbocycles. The predicted molar refractivity (Wildman–Crippen MR) is 82.8 cm³/mol. The highest BCUT2D eigenvalue weighted by atomic mass is 31.2. The molecule has 13 nitrogen and oxygen atoms in total. The topological polar surface area (TPSA) is 197 Å². The Morgan fingerprint density at radius 3 is 2.96 bits per heavy atom. The van der Waals surface area contributed by atoms with Crippen molar-refractivity contribution in [3.63, 3.8) is 0 Å². The second kappa shape index (κ2) is 5.97. The molecular weight excluding hydrogens is 373 g/mol. The number of nitrogens with two attached hydrogens (primary N) is 1. The second-order valence-electron chi connectivity index (χ2n) is 6.33.